The molecule has 0 saturated carbocycles. The molecule has 2 aromatic rings. The summed E-state index contributed by atoms with van der Waals surface area (Å²) in [6, 6.07) is 5.51. The Morgan fingerprint density at radius 3 is 2.26 bits per heavy atom. The van der Waals surface area contributed by atoms with E-state index < -0.39 is 11.9 Å². The number of carbonyl (C=O) groups excluding carboxylic acids is 1. The maximum absolute atomic E-state index is 11.7. The van der Waals surface area contributed by atoms with Crippen LogP contribution < -0.4 is 4.74 Å². The summed E-state index contributed by atoms with van der Waals surface area (Å²) < 4.78 is 4.95. The van der Waals surface area contributed by atoms with Crippen molar-refractivity contribution in [1.82, 2.24) is 9.97 Å². The predicted molar refractivity (Wildman–Crippen MR) is 65.4 cm³/mol. The molecule has 0 bridgehead atoms. The number of rotatable bonds is 3. The van der Waals surface area contributed by atoms with Crippen LogP contribution in [0.15, 0.2) is 36.7 Å². The monoisotopic (exact) mass is 278 g/mol. The Balaban J connectivity index is 2.10. The fourth-order valence-corrected chi connectivity index (χ4v) is 1.33. The van der Waals surface area contributed by atoms with E-state index in [1.165, 1.54) is 30.5 Å². The number of aromatic nitrogens is 2. The van der Waals surface area contributed by atoms with E-state index in [2.05, 4.69) is 9.97 Å². The van der Waals surface area contributed by atoms with E-state index in [4.69, 9.17) is 21.4 Å². The Bertz CT molecular complexity index is 611. The van der Waals surface area contributed by atoms with Gasteiger partial charge in [-0.05, 0) is 18.2 Å². The van der Waals surface area contributed by atoms with Crippen LogP contribution in [-0.4, -0.2) is 27.0 Å². The molecule has 0 aromatic carbocycles. The summed E-state index contributed by atoms with van der Waals surface area (Å²) in [4.78, 5) is 29.8. The minimum atomic E-state index is -1.10. The maximum atomic E-state index is 11.7. The molecule has 0 unspecified atom stereocenters. The average molecular weight is 279 g/mol. The third-order valence-corrected chi connectivity index (χ3v) is 2.37. The third kappa shape index (κ3) is 3.26. The first-order valence-corrected chi connectivity index (χ1v) is 5.47. The molecular formula is C12H7ClN2O4. The van der Waals surface area contributed by atoms with Gasteiger partial charge in [-0.3, -0.25) is 0 Å². The summed E-state index contributed by atoms with van der Waals surface area (Å²) in [5.74, 6) is -1.75. The molecule has 0 atom stereocenters. The van der Waals surface area contributed by atoms with Crippen LogP contribution in [0.2, 0.25) is 5.15 Å². The van der Waals surface area contributed by atoms with Gasteiger partial charge in [0.2, 0.25) is 5.88 Å². The van der Waals surface area contributed by atoms with E-state index in [0.29, 0.717) is 0 Å². The first kappa shape index (κ1) is 13.0. The molecule has 0 fully saturated rings. The van der Waals surface area contributed by atoms with Crippen molar-refractivity contribution < 1.29 is 19.4 Å². The van der Waals surface area contributed by atoms with Crippen LogP contribution in [0.4, 0.5) is 0 Å². The molecule has 2 aromatic heterocycles. The molecule has 7 heteroatoms. The summed E-state index contributed by atoms with van der Waals surface area (Å²) >= 11 is 5.59. The molecule has 0 aliphatic rings. The molecule has 19 heavy (non-hydrogen) atoms. The Morgan fingerprint density at radius 1 is 1.05 bits per heavy atom. The van der Waals surface area contributed by atoms with Gasteiger partial charge < -0.3 is 9.84 Å². The van der Waals surface area contributed by atoms with Crippen LogP contribution in [0.3, 0.4) is 0 Å². The second kappa shape index (κ2) is 5.45. The van der Waals surface area contributed by atoms with Gasteiger partial charge in [0.15, 0.2) is 0 Å². The van der Waals surface area contributed by atoms with Crippen LogP contribution in [0.25, 0.3) is 0 Å². The number of carboxylic acids is 1. The zero-order valence-corrected chi connectivity index (χ0v) is 10.2. The zero-order valence-electron chi connectivity index (χ0n) is 9.41. The van der Waals surface area contributed by atoms with E-state index in [0.717, 1.165) is 6.20 Å². The number of pyridine rings is 2. The lowest BCUT2D eigenvalue weighted by atomic mass is 10.3. The lowest BCUT2D eigenvalue weighted by Crippen LogP contribution is -2.10. The van der Waals surface area contributed by atoms with Crippen LogP contribution >= 0.6 is 11.6 Å². The van der Waals surface area contributed by atoms with E-state index in [-0.39, 0.29) is 22.2 Å². The first-order chi connectivity index (χ1) is 9.06. The van der Waals surface area contributed by atoms with Gasteiger partial charge in [-0.2, -0.15) is 0 Å². The number of carbonyl (C=O) groups is 2. The van der Waals surface area contributed by atoms with Gasteiger partial charge in [-0.1, -0.05) is 11.6 Å². The van der Waals surface area contributed by atoms with Crippen molar-refractivity contribution in [3.05, 3.63) is 52.9 Å². The smallest absolute Gasteiger partial charge is 0.346 e. The van der Waals surface area contributed by atoms with Gasteiger partial charge in [-0.25, -0.2) is 19.6 Å². The van der Waals surface area contributed by atoms with Crippen molar-refractivity contribution in [3.63, 3.8) is 0 Å². The Labute approximate surface area is 112 Å². The van der Waals surface area contributed by atoms with E-state index in [1.54, 1.807) is 0 Å². The first-order valence-electron chi connectivity index (χ1n) is 5.09. The Kier molecular flexibility index (Phi) is 3.72. The number of esters is 1. The molecule has 1 N–H and O–H groups in total. The van der Waals surface area contributed by atoms with Gasteiger partial charge in [-0.15, -0.1) is 0 Å². The molecule has 96 valence electrons. The zero-order chi connectivity index (χ0) is 13.8. The molecule has 0 spiro atoms. The van der Waals surface area contributed by atoms with Gasteiger partial charge in [0.1, 0.15) is 5.15 Å². The highest BCUT2D eigenvalue weighted by Crippen LogP contribution is 2.11. The summed E-state index contributed by atoms with van der Waals surface area (Å²) in [6.07, 6.45) is 2.38. The minimum Gasteiger partial charge on any atom is -0.478 e. The molecule has 0 radical (unpaired) electrons. The normalized spacial score (nSPS) is 9.95. The van der Waals surface area contributed by atoms with Crippen molar-refractivity contribution in [2.24, 2.45) is 0 Å². The standard InChI is InChI=1S/C12H7ClN2O4/c13-9-3-1-8(6-14-9)12(18)19-10-4-2-7(5-15-10)11(16)17/h1-6H,(H,16,17). The molecule has 0 amide bonds. The largest absolute Gasteiger partial charge is 0.478 e. The van der Waals surface area contributed by atoms with Gasteiger partial charge in [0, 0.05) is 18.5 Å². The predicted octanol–water partition coefficient (Wildman–Crippen LogP) is 2.05. The van der Waals surface area contributed by atoms with E-state index >= 15 is 0 Å². The molecule has 0 aliphatic heterocycles. The lowest BCUT2D eigenvalue weighted by molar-refractivity contribution is 0.0696. The molecule has 2 rings (SSSR count). The number of hydrogen-bond donors (Lipinski definition) is 1. The fourth-order valence-electron chi connectivity index (χ4n) is 1.22. The van der Waals surface area contributed by atoms with Gasteiger partial charge >= 0.3 is 11.9 Å². The molecule has 0 saturated heterocycles. The number of ether oxygens (including phenoxy) is 1. The second-order valence-corrected chi connectivity index (χ2v) is 3.84. The van der Waals surface area contributed by atoms with Crippen LogP contribution in [0.1, 0.15) is 20.7 Å². The summed E-state index contributed by atoms with van der Waals surface area (Å²) in [7, 11) is 0. The Morgan fingerprint density at radius 2 is 1.74 bits per heavy atom. The molecule has 0 aliphatic carbocycles. The molecule has 6 nitrogen and oxygen atoms in total. The maximum Gasteiger partial charge on any atom is 0.346 e. The van der Waals surface area contributed by atoms with Crippen molar-refractivity contribution in [3.8, 4) is 5.88 Å². The van der Waals surface area contributed by atoms with Crippen molar-refractivity contribution in [1.29, 1.82) is 0 Å². The summed E-state index contributed by atoms with van der Waals surface area (Å²) in [5.41, 5.74) is 0.224. The van der Waals surface area contributed by atoms with Crippen LogP contribution in [0, 0.1) is 0 Å². The van der Waals surface area contributed by atoms with Crippen molar-refractivity contribution >= 4 is 23.5 Å². The minimum absolute atomic E-state index is 0.00458. The molecule has 2 heterocycles. The van der Waals surface area contributed by atoms with Crippen molar-refractivity contribution in [2.45, 2.75) is 0 Å². The quantitative estimate of drug-likeness (QED) is 0.683. The number of carboxylic acid groups (broad SMARTS) is 1. The van der Waals surface area contributed by atoms with Crippen LogP contribution in [-0.2, 0) is 0 Å². The summed E-state index contributed by atoms with van der Waals surface area (Å²) in [5, 5.41) is 8.96. The second-order valence-electron chi connectivity index (χ2n) is 3.45. The van der Waals surface area contributed by atoms with Crippen LogP contribution in [0.5, 0.6) is 5.88 Å². The highest BCUT2D eigenvalue weighted by Gasteiger charge is 2.10. The van der Waals surface area contributed by atoms with Crippen molar-refractivity contribution in [2.75, 3.05) is 0 Å². The average Bonchev–Trinajstić information content (AvgIpc) is 2.40. The van der Waals surface area contributed by atoms with Gasteiger partial charge in [0.25, 0.3) is 0 Å². The van der Waals surface area contributed by atoms with E-state index in [1.807, 2.05) is 0 Å². The number of nitrogens with zero attached hydrogens (tertiary/aromatic N) is 2. The summed E-state index contributed by atoms with van der Waals surface area (Å²) in [6.45, 7) is 0. The molecular weight excluding hydrogens is 272 g/mol. The van der Waals surface area contributed by atoms with E-state index in [9.17, 15) is 9.59 Å². The number of hydrogen-bond acceptors (Lipinski definition) is 5. The number of halogens is 1. The number of aromatic carboxylic acids is 1. The Hall–Kier alpha value is -2.47. The lowest BCUT2D eigenvalue weighted by Gasteiger charge is -2.03. The third-order valence-electron chi connectivity index (χ3n) is 2.14. The highest BCUT2D eigenvalue weighted by molar-refractivity contribution is 6.29. The van der Waals surface area contributed by atoms with Gasteiger partial charge in [0.05, 0.1) is 11.1 Å². The fraction of sp³-hybridized carbons (Fsp3) is 0. The highest BCUT2D eigenvalue weighted by atomic mass is 35.5. The SMILES string of the molecule is O=C(O)c1ccc(OC(=O)c2ccc(Cl)nc2)nc1. The topological polar surface area (TPSA) is 89.4 Å².